The number of benzene rings is 1. The number of hydrogen-bond acceptors (Lipinski definition) is 4. The molecule has 0 aliphatic heterocycles. The van der Waals surface area contributed by atoms with Gasteiger partial charge in [0.2, 0.25) is 0 Å². The van der Waals surface area contributed by atoms with Gasteiger partial charge in [-0.2, -0.15) is 0 Å². The van der Waals surface area contributed by atoms with Gasteiger partial charge < -0.3 is 10.3 Å². The summed E-state index contributed by atoms with van der Waals surface area (Å²) in [4.78, 5) is 0. The molecule has 90 valence electrons. The van der Waals surface area contributed by atoms with Gasteiger partial charge in [-0.1, -0.05) is 11.8 Å². The minimum absolute atomic E-state index is 0.257. The van der Waals surface area contributed by atoms with Gasteiger partial charge in [-0.25, -0.2) is 4.39 Å². The Morgan fingerprint density at radius 3 is 2.59 bits per heavy atom. The lowest BCUT2D eigenvalue weighted by Gasteiger charge is -2.06. The normalized spacial score (nSPS) is 10.8. The van der Waals surface area contributed by atoms with Crippen LogP contribution in [0.4, 0.5) is 4.39 Å². The molecule has 4 nitrogen and oxygen atoms in total. The zero-order valence-electron chi connectivity index (χ0n) is 9.43. The van der Waals surface area contributed by atoms with Crippen molar-refractivity contribution in [2.45, 2.75) is 18.6 Å². The van der Waals surface area contributed by atoms with Crippen molar-refractivity contribution in [1.29, 1.82) is 0 Å². The highest BCUT2D eigenvalue weighted by molar-refractivity contribution is 7.99. The summed E-state index contributed by atoms with van der Waals surface area (Å²) in [5, 5.41) is 8.98. The zero-order chi connectivity index (χ0) is 12.3. The quantitative estimate of drug-likeness (QED) is 0.669. The summed E-state index contributed by atoms with van der Waals surface area (Å²) in [6.45, 7) is 2.76. The van der Waals surface area contributed by atoms with Crippen LogP contribution in [0.3, 0.4) is 0 Å². The Morgan fingerprint density at radius 1 is 1.29 bits per heavy atom. The van der Waals surface area contributed by atoms with Crippen molar-refractivity contribution >= 4 is 11.8 Å². The lowest BCUT2D eigenvalue weighted by Crippen LogP contribution is -2.02. The zero-order valence-corrected chi connectivity index (χ0v) is 10.2. The third-order valence-corrected chi connectivity index (χ3v) is 3.07. The summed E-state index contributed by atoms with van der Waals surface area (Å²) in [5.74, 6) is 0.943. The van der Waals surface area contributed by atoms with Gasteiger partial charge >= 0.3 is 0 Å². The molecule has 1 aromatic heterocycles. The second-order valence-electron chi connectivity index (χ2n) is 3.37. The highest BCUT2D eigenvalue weighted by Crippen LogP contribution is 2.23. The molecular weight excluding hydrogens is 239 g/mol. The maximum Gasteiger partial charge on any atom is 0.192 e. The number of hydrogen-bond donors (Lipinski definition) is 1. The average Bonchev–Trinajstić information content (AvgIpc) is 2.73. The van der Waals surface area contributed by atoms with Crippen LogP contribution in [0.1, 0.15) is 6.92 Å². The fourth-order valence-electron chi connectivity index (χ4n) is 1.57. The predicted octanol–water partition coefficient (Wildman–Crippen LogP) is 2.11. The van der Waals surface area contributed by atoms with Gasteiger partial charge in [0.1, 0.15) is 5.82 Å². The van der Waals surface area contributed by atoms with Crippen LogP contribution in [-0.2, 0) is 6.54 Å². The van der Waals surface area contributed by atoms with Crippen molar-refractivity contribution in [3.05, 3.63) is 30.1 Å². The predicted molar refractivity (Wildman–Crippen MR) is 66.0 cm³/mol. The average molecular weight is 252 g/mol. The molecule has 1 heterocycles. The monoisotopic (exact) mass is 252 g/mol. The van der Waals surface area contributed by atoms with Crippen LogP contribution in [0.25, 0.3) is 11.4 Å². The number of aromatic nitrogens is 3. The second-order valence-corrected chi connectivity index (χ2v) is 4.36. The van der Waals surface area contributed by atoms with Crippen LogP contribution in [0.2, 0.25) is 0 Å². The number of nitrogens with two attached hydrogens (primary N) is 1. The fraction of sp³-hybridized carbons (Fsp3) is 0.273. The van der Waals surface area contributed by atoms with Gasteiger partial charge in [-0.3, -0.25) is 0 Å². The van der Waals surface area contributed by atoms with Crippen LogP contribution in [0, 0.1) is 5.82 Å². The fourth-order valence-corrected chi connectivity index (χ4v) is 2.19. The van der Waals surface area contributed by atoms with Crippen LogP contribution in [0.15, 0.2) is 29.4 Å². The topological polar surface area (TPSA) is 56.7 Å². The van der Waals surface area contributed by atoms with E-state index in [9.17, 15) is 4.39 Å². The van der Waals surface area contributed by atoms with Crippen LogP contribution in [0.5, 0.6) is 0 Å². The first-order valence-electron chi connectivity index (χ1n) is 5.28. The lowest BCUT2D eigenvalue weighted by atomic mass is 10.2. The maximum atomic E-state index is 12.8. The largest absolute Gasteiger partial charge is 0.322 e. The van der Waals surface area contributed by atoms with Gasteiger partial charge in [0.15, 0.2) is 11.0 Å². The highest BCUT2D eigenvalue weighted by Gasteiger charge is 2.12. The molecule has 0 saturated carbocycles. The van der Waals surface area contributed by atoms with E-state index in [0.29, 0.717) is 5.88 Å². The van der Waals surface area contributed by atoms with Gasteiger partial charge in [0.25, 0.3) is 0 Å². The van der Waals surface area contributed by atoms with E-state index in [1.165, 1.54) is 23.9 Å². The first-order valence-corrected chi connectivity index (χ1v) is 6.26. The molecule has 0 amide bonds. The Labute approximate surface area is 103 Å². The van der Waals surface area contributed by atoms with Crippen molar-refractivity contribution in [3.8, 4) is 11.4 Å². The molecule has 2 N–H and O–H groups in total. The molecule has 0 unspecified atom stereocenters. The molecule has 0 spiro atoms. The van der Waals surface area contributed by atoms with E-state index >= 15 is 0 Å². The minimum atomic E-state index is -0.257. The van der Waals surface area contributed by atoms with E-state index in [0.717, 1.165) is 23.1 Å². The molecule has 6 heteroatoms. The molecule has 0 aliphatic carbocycles. The van der Waals surface area contributed by atoms with E-state index in [2.05, 4.69) is 10.2 Å². The van der Waals surface area contributed by atoms with E-state index in [1.807, 2.05) is 11.5 Å². The van der Waals surface area contributed by atoms with E-state index in [1.54, 1.807) is 12.1 Å². The molecule has 0 fully saturated rings. The number of halogens is 1. The summed E-state index contributed by atoms with van der Waals surface area (Å²) >= 11 is 1.44. The maximum absolute atomic E-state index is 12.8. The van der Waals surface area contributed by atoms with E-state index in [4.69, 9.17) is 5.73 Å². The Hall–Kier alpha value is -1.40. The highest BCUT2D eigenvalue weighted by atomic mass is 32.2. The summed E-state index contributed by atoms with van der Waals surface area (Å²) in [6.07, 6.45) is 0. The van der Waals surface area contributed by atoms with Gasteiger partial charge in [0, 0.05) is 18.0 Å². The smallest absolute Gasteiger partial charge is 0.192 e. The Morgan fingerprint density at radius 2 is 2.00 bits per heavy atom. The molecule has 17 heavy (non-hydrogen) atoms. The molecular formula is C11H13FN4S. The number of nitrogens with zero attached hydrogens (tertiary/aromatic N) is 3. The van der Waals surface area contributed by atoms with E-state index in [-0.39, 0.29) is 5.82 Å². The van der Waals surface area contributed by atoms with Crippen LogP contribution >= 0.6 is 11.8 Å². The third kappa shape index (κ3) is 2.48. The molecule has 0 bridgehead atoms. The van der Waals surface area contributed by atoms with Crippen molar-refractivity contribution in [3.63, 3.8) is 0 Å². The van der Waals surface area contributed by atoms with Crippen molar-refractivity contribution in [2.75, 3.05) is 5.88 Å². The van der Waals surface area contributed by atoms with Crippen molar-refractivity contribution < 1.29 is 4.39 Å². The molecule has 0 atom stereocenters. The summed E-state index contributed by atoms with van der Waals surface area (Å²) in [5.41, 5.74) is 6.34. The minimum Gasteiger partial charge on any atom is -0.322 e. The summed E-state index contributed by atoms with van der Waals surface area (Å²) in [7, 11) is 0. The molecule has 0 aliphatic rings. The Kier molecular flexibility index (Phi) is 3.75. The number of thioether (sulfide) groups is 1. The first-order chi connectivity index (χ1) is 8.26. The second kappa shape index (κ2) is 5.29. The lowest BCUT2D eigenvalue weighted by molar-refractivity contribution is 0.627. The van der Waals surface area contributed by atoms with Crippen molar-refractivity contribution in [1.82, 2.24) is 14.8 Å². The van der Waals surface area contributed by atoms with Gasteiger partial charge in [-0.15, -0.1) is 10.2 Å². The summed E-state index contributed by atoms with van der Waals surface area (Å²) < 4.78 is 14.8. The van der Waals surface area contributed by atoms with Crippen LogP contribution < -0.4 is 5.73 Å². The van der Waals surface area contributed by atoms with Crippen molar-refractivity contribution in [2.24, 2.45) is 5.73 Å². The SMILES string of the molecule is CCn1c(SCN)nnc1-c1ccc(F)cc1. The Bertz CT molecular complexity index is 495. The molecule has 2 aromatic rings. The first kappa shape index (κ1) is 12.1. The van der Waals surface area contributed by atoms with E-state index < -0.39 is 0 Å². The standard InChI is InChI=1S/C11H13FN4S/c1-2-16-10(14-15-11(16)17-7-13)8-3-5-9(12)6-4-8/h3-6H,2,7,13H2,1H3. The van der Waals surface area contributed by atoms with Gasteiger partial charge in [-0.05, 0) is 31.2 Å². The molecule has 2 rings (SSSR count). The number of rotatable bonds is 4. The summed E-state index contributed by atoms with van der Waals surface area (Å²) in [6, 6.07) is 6.23. The molecule has 0 radical (unpaired) electrons. The van der Waals surface area contributed by atoms with Gasteiger partial charge in [0.05, 0.1) is 0 Å². The Balaban J connectivity index is 2.41. The molecule has 0 saturated heterocycles. The molecule has 1 aromatic carbocycles. The van der Waals surface area contributed by atoms with Crippen LogP contribution in [-0.4, -0.2) is 20.6 Å². The third-order valence-electron chi connectivity index (χ3n) is 2.35.